The summed E-state index contributed by atoms with van der Waals surface area (Å²) in [5.41, 5.74) is 6.34. The lowest BCUT2D eigenvalue weighted by Gasteiger charge is -2.13. The fourth-order valence-corrected chi connectivity index (χ4v) is 3.01. The van der Waals surface area contributed by atoms with Crippen LogP contribution in [0, 0.1) is 0 Å². The first kappa shape index (κ1) is 15.3. The quantitative estimate of drug-likeness (QED) is 0.509. The average molecular weight is 432 g/mol. The maximum atomic E-state index is 12.2. The van der Waals surface area contributed by atoms with E-state index in [4.69, 9.17) is 32.3 Å². The van der Waals surface area contributed by atoms with E-state index in [-0.39, 0.29) is 22.0 Å². The van der Waals surface area contributed by atoms with E-state index >= 15 is 0 Å². The number of urea groups is 1. The molecule has 1 aliphatic rings. The van der Waals surface area contributed by atoms with Crippen LogP contribution in [-0.2, 0) is 0 Å². The van der Waals surface area contributed by atoms with Crippen LogP contribution in [0.2, 0.25) is 5.02 Å². The van der Waals surface area contributed by atoms with Gasteiger partial charge in [-0.1, -0.05) is 11.6 Å². The predicted octanol–water partition coefficient (Wildman–Crippen LogP) is 4.07. The van der Waals surface area contributed by atoms with E-state index in [1.165, 1.54) is 31.5 Å². The predicted molar refractivity (Wildman–Crippen MR) is 114 cm³/mol. The Morgan fingerprint density at radius 3 is 2.70 bits per heavy atom. The SMILES string of the molecule is [2H]C1([2H])C(NC(=O)Nc2ccc(Oc3ccnc4cc(OC)c(C([15NH2])=O)cc34)cc2Cl)C1([2H])[2H]. The summed E-state index contributed by atoms with van der Waals surface area (Å²) in [6.45, 7) is 0. The first-order valence-electron chi connectivity index (χ1n) is 10.8. The van der Waals surface area contributed by atoms with E-state index in [9.17, 15) is 9.59 Å². The Bertz CT molecular complexity index is 1310. The van der Waals surface area contributed by atoms with E-state index < -0.39 is 30.7 Å². The Balaban J connectivity index is 1.53. The summed E-state index contributed by atoms with van der Waals surface area (Å²) in [7, 11) is 1.42. The van der Waals surface area contributed by atoms with Crippen molar-refractivity contribution in [2.45, 2.75) is 18.8 Å². The normalized spacial score (nSPS) is 18.3. The minimum atomic E-state index is -2.14. The Labute approximate surface area is 182 Å². The molecule has 1 aromatic heterocycles. The van der Waals surface area contributed by atoms with Gasteiger partial charge in [-0.3, -0.25) is 9.78 Å². The van der Waals surface area contributed by atoms with Crippen molar-refractivity contribution in [3.05, 3.63) is 53.2 Å². The molecule has 4 rings (SSSR count). The highest BCUT2D eigenvalue weighted by Gasteiger charge is 2.23. The molecule has 0 bridgehead atoms. The fourth-order valence-electron chi connectivity index (χ4n) is 2.79. The van der Waals surface area contributed by atoms with Gasteiger partial charge in [-0.05, 0) is 37.0 Å². The molecule has 0 radical (unpaired) electrons. The fraction of sp³-hybridized carbons (Fsp3) is 0.190. The molecule has 1 saturated carbocycles. The zero-order valence-corrected chi connectivity index (χ0v) is 16.4. The van der Waals surface area contributed by atoms with Crippen LogP contribution in [0.4, 0.5) is 10.5 Å². The maximum Gasteiger partial charge on any atom is 0.319 e. The third-order valence-corrected chi connectivity index (χ3v) is 4.58. The number of anilines is 1. The second-order valence-corrected chi connectivity index (χ2v) is 6.71. The van der Waals surface area contributed by atoms with Crippen LogP contribution in [-0.4, -0.2) is 30.1 Å². The van der Waals surface area contributed by atoms with Crippen molar-refractivity contribution in [3.8, 4) is 17.2 Å². The molecule has 0 saturated heterocycles. The number of fused-ring (bicyclic) bond motifs is 1. The van der Waals surface area contributed by atoms with Gasteiger partial charge in [0, 0.05) is 35.2 Å². The van der Waals surface area contributed by atoms with Gasteiger partial charge in [-0.25, -0.2) is 4.79 Å². The van der Waals surface area contributed by atoms with Gasteiger partial charge in [0.1, 0.15) is 17.2 Å². The third kappa shape index (κ3) is 4.23. The van der Waals surface area contributed by atoms with Gasteiger partial charge >= 0.3 is 6.03 Å². The monoisotopic (exact) mass is 431 g/mol. The van der Waals surface area contributed by atoms with E-state index in [0.29, 0.717) is 22.4 Å². The van der Waals surface area contributed by atoms with Gasteiger partial charge < -0.3 is 25.8 Å². The smallest absolute Gasteiger partial charge is 0.319 e. The number of hydrogen-bond acceptors (Lipinski definition) is 5. The Hall–Kier alpha value is -3.52. The Morgan fingerprint density at radius 1 is 1.23 bits per heavy atom. The second kappa shape index (κ2) is 8.08. The number of hydrogen-bond donors (Lipinski definition) is 3. The van der Waals surface area contributed by atoms with Crippen LogP contribution >= 0.6 is 11.6 Å². The number of benzene rings is 2. The van der Waals surface area contributed by atoms with Crippen LogP contribution in [0.15, 0.2) is 42.6 Å². The molecule has 154 valence electrons. The summed E-state index contributed by atoms with van der Waals surface area (Å²) < 4.78 is 41.3. The number of pyridine rings is 1. The number of primary amides is 1. The van der Waals surface area contributed by atoms with Crippen molar-refractivity contribution in [3.63, 3.8) is 0 Å². The summed E-state index contributed by atoms with van der Waals surface area (Å²) in [5.74, 6) is 0.323. The van der Waals surface area contributed by atoms with E-state index in [2.05, 4.69) is 15.6 Å². The van der Waals surface area contributed by atoms with Crippen LogP contribution in [0.25, 0.3) is 10.9 Å². The first-order valence-corrected chi connectivity index (χ1v) is 9.15. The van der Waals surface area contributed by atoms with E-state index in [1.54, 1.807) is 18.2 Å². The average Bonchev–Trinajstić information content (AvgIpc) is 3.16. The number of ether oxygens (including phenoxy) is 2. The highest BCUT2D eigenvalue weighted by Crippen LogP contribution is 2.35. The van der Waals surface area contributed by atoms with Gasteiger partial charge in [0.25, 0.3) is 5.91 Å². The third-order valence-electron chi connectivity index (χ3n) is 4.27. The molecule has 9 heteroatoms. The molecule has 30 heavy (non-hydrogen) atoms. The molecule has 4 N–H and O–H groups in total. The molecule has 3 aromatic rings. The zero-order valence-electron chi connectivity index (χ0n) is 19.7. The van der Waals surface area contributed by atoms with Crippen LogP contribution in [0.3, 0.4) is 0 Å². The number of amides is 3. The van der Waals surface area contributed by atoms with Gasteiger partial charge in [0.05, 0.1) is 28.9 Å². The maximum absolute atomic E-state index is 12.2. The van der Waals surface area contributed by atoms with E-state index in [0.717, 1.165) is 0 Å². The van der Waals surface area contributed by atoms with Gasteiger partial charge in [-0.15, -0.1) is 0 Å². The van der Waals surface area contributed by atoms with Crippen LogP contribution in [0.1, 0.15) is 28.6 Å². The molecule has 0 unspecified atom stereocenters. The number of nitrogens with one attached hydrogen (secondary N) is 2. The highest BCUT2D eigenvalue weighted by molar-refractivity contribution is 6.33. The molecular formula is C21H19ClN4O4. The molecule has 8 nitrogen and oxygen atoms in total. The number of nitrogens with zero attached hydrogens (tertiary/aromatic N) is 1. The number of halogens is 1. The van der Waals surface area contributed by atoms with Crippen molar-refractivity contribution in [1.82, 2.24) is 10.3 Å². The minimum absolute atomic E-state index is 0.132. The lowest BCUT2D eigenvalue weighted by atomic mass is 10.1. The standard InChI is InChI=1S/C21H19ClN4O4/c1-29-19-10-17-13(9-14(19)20(23)27)18(6-7-24-17)30-12-4-5-16(15(22)8-12)26-21(28)25-11-2-3-11/h4-11H,2-3H2,1H3,(H2,23,27)(H2,25,26,28)/i2D2,3D2,23+1. The first-order chi connectivity index (χ1) is 16.0. The van der Waals surface area contributed by atoms with Gasteiger partial charge in [-0.2, -0.15) is 0 Å². The molecule has 2 aromatic carbocycles. The minimum Gasteiger partial charge on any atom is -0.496 e. The lowest BCUT2D eigenvalue weighted by Crippen LogP contribution is -2.30. The van der Waals surface area contributed by atoms with Gasteiger partial charge in [0.15, 0.2) is 0 Å². The molecule has 0 atom stereocenters. The number of carbonyl (C=O) groups is 2. The molecule has 1 fully saturated rings. The summed E-state index contributed by atoms with van der Waals surface area (Å²) >= 11 is 6.27. The number of nitrogens with two attached hydrogens (primary N) is 1. The van der Waals surface area contributed by atoms with Crippen molar-refractivity contribution < 1.29 is 24.5 Å². The molecule has 1 heterocycles. The summed E-state index contributed by atoms with van der Waals surface area (Å²) in [6, 6.07) is 7.13. The summed E-state index contributed by atoms with van der Waals surface area (Å²) in [5, 5.41) is 5.38. The molecule has 3 amide bonds. The van der Waals surface area contributed by atoms with Crippen LogP contribution < -0.4 is 25.8 Å². The van der Waals surface area contributed by atoms with Crippen molar-refractivity contribution in [2.24, 2.45) is 5.73 Å². The highest BCUT2D eigenvalue weighted by atomic mass is 35.5. The van der Waals surface area contributed by atoms with E-state index in [1.807, 2.05) is 0 Å². The molecule has 1 aliphatic carbocycles. The molecule has 0 aliphatic heterocycles. The number of rotatable bonds is 6. The number of aromatic nitrogens is 1. The van der Waals surface area contributed by atoms with Crippen LogP contribution in [0.5, 0.6) is 17.2 Å². The topological polar surface area (TPSA) is 116 Å². The van der Waals surface area contributed by atoms with Gasteiger partial charge in [0.2, 0.25) is 0 Å². The summed E-state index contributed by atoms with van der Waals surface area (Å²) in [6.07, 6.45) is -2.76. The zero-order chi connectivity index (χ0) is 24.8. The molecular weight excluding hydrogens is 409 g/mol. The second-order valence-electron chi connectivity index (χ2n) is 6.31. The van der Waals surface area contributed by atoms with Crippen molar-refractivity contribution >= 4 is 40.1 Å². The number of carbonyl (C=O) groups excluding carboxylic acids is 2. The lowest BCUT2D eigenvalue weighted by molar-refractivity contribution is 0.0997. The van der Waals surface area contributed by atoms with Crippen molar-refractivity contribution in [1.29, 1.82) is 0 Å². The summed E-state index contributed by atoms with van der Waals surface area (Å²) in [4.78, 5) is 28.2. The molecule has 0 spiro atoms. The van der Waals surface area contributed by atoms with Crippen molar-refractivity contribution in [2.75, 3.05) is 12.4 Å². The number of methoxy groups -OCH3 is 1. The largest absolute Gasteiger partial charge is 0.496 e. The Kier molecular flexibility index (Phi) is 4.13. The Morgan fingerprint density at radius 2 is 2.03 bits per heavy atom.